The van der Waals surface area contributed by atoms with Crippen molar-refractivity contribution in [1.29, 1.82) is 0 Å². The fraction of sp³-hybridized carbons (Fsp3) is 0. The molecule has 0 aliphatic carbocycles. The average molecular weight is 289 g/mol. The Labute approximate surface area is 119 Å². The van der Waals surface area contributed by atoms with Crippen molar-refractivity contribution in [2.45, 2.75) is 0 Å². The Morgan fingerprint density at radius 2 is 1.95 bits per heavy atom. The summed E-state index contributed by atoms with van der Waals surface area (Å²) in [7, 11) is 0. The van der Waals surface area contributed by atoms with Gasteiger partial charge in [0, 0.05) is 15.5 Å². The maximum atomic E-state index is 11.8. The molecule has 2 heterocycles. The van der Waals surface area contributed by atoms with Gasteiger partial charge in [-0.3, -0.25) is 0 Å². The summed E-state index contributed by atoms with van der Waals surface area (Å²) in [4.78, 5) is 12.8. The van der Waals surface area contributed by atoms with E-state index in [1.54, 1.807) is 29.5 Å². The zero-order chi connectivity index (χ0) is 13.2. The zero-order valence-electron chi connectivity index (χ0n) is 9.80. The summed E-state index contributed by atoms with van der Waals surface area (Å²) < 4.78 is 5.26. The second-order valence-electron chi connectivity index (χ2n) is 4.02. The molecule has 0 saturated carbocycles. The third-order valence-electron chi connectivity index (χ3n) is 2.69. The number of halogens is 1. The van der Waals surface area contributed by atoms with Gasteiger partial charge in [-0.25, -0.2) is 4.79 Å². The van der Waals surface area contributed by atoms with Crippen molar-refractivity contribution in [1.82, 2.24) is 0 Å². The van der Waals surface area contributed by atoms with Gasteiger partial charge >= 0.3 is 5.97 Å². The van der Waals surface area contributed by atoms with Gasteiger partial charge in [0.2, 0.25) is 0 Å². The Bertz CT molecular complexity index is 667. The second kappa shape index (κ2) is 5.03. The molecule has 3 rings (SSSR count). The highest BCUT2D eigenvalue weighted by Crippen LogP contribution is 2.28. The number of carbonyl (C=O) groups is 1. The molecule has 0 saturated heterocycles. The van der Waals surface area contributed by atoms with Crippen molar-refractivity contribution < 1.29 is 9.53 Å². The molecule has 94 valence electrons. The maximum Gasteiger partial charge on any atom is 0.343 e. The fourth-order valence-corrected chi connectivity index (χ4v) is 2.56. The lowest BCUT2D eigenvalue weighted by atomic mass is 10.1. The Morgan fingerprint density at radius 1 is 1.16 bits per heavy atom. The summed E-state index contributed by atoms with van der Waals surface area (Å²) in [6, 6.07) is 11.1. The van der Waals surface area contributed by atoms with E-state index < -0.39 is 0 Å². The number of esters is 1. The van der Waals surface area contributed by atoms with Crippen LogP contribution in [-0.4, -0.2) is 5.97 Å². The summed E-state index contributed by atoms with van der Waals surface area (Å²) in [6.07, 6.45) is 3.58. The molecule has 1 aliphatic heterocycles. The molecule has 2 nitrogen and oxygen atoms in total. The Morgan fingerprint density at radius 3 is 2.63 bits per heavy atom. The molecule has 0 N–H and O–H groups in total. The molecule has 0 bridgehead atoms. The summed E-state index contributed by atoms with van der Waals surface area (Å²) in [5.41, 5.74) is 1.40. The first-order chi connectivity index (χ1) is 9.22. The molecule has 0 fully saturated rings. The van der Waals surface area contributed by atoms with Crippen molar-refractivity contribution >= 4 is 40.7 Å². The molecule has 0 amide bonds. The molecule has 0 spiro atoms. The highest BCUT2D eigenvalue weighted by molar-refractivity contribution is 7.10. The van der Waals surface area contributed by atoms with Gasteiger partial charge in [0.15, 0.2) is 0 Å². The molecule has 1 aromatic carbocycles. The largest absolute Gasteiger partial charge is 0.422 e. The lowest BCUT2D eigenvalue weighted by Gasteiger charge is -2.00. The molecule has 1 aliphatic rings. The van der Waals surface area contributed by atoms with E-state index in [-0.39, 0.29) is 5.97 Å². The van der Waals surface area contributed by atoms with Gasteiger partial charge < -0.3 is 4.74 Å². The van der Waals surface area contributed by atoms with Crippen molar-refractivity contribution in [3.63, 3.8) is 0 Å². The number of hydrogen-bond donors (Lipinski definition) is 0. The molecule has 19 heavy (non-hydrogen) atoms. The van der Waals surface area contributed by atoms with Gasteiger partial charge in [0.25, 0.3) is 0 Å². The zero-order valence-corrected chi connectivity index (χ0v) is 11.4. The minimum absolute atomic E-state index is 0.321. The van der Waals surface area contributed by atoms with E-state index in [9.17, 15) is 4.79 Å². The van der Waals surface area contributed by atoms with Crippen LogP contribution in [0.5, 0.6) is 0 Å². The van der Waals surface area contributed by atoms with E-state index in [2.05, 4.69) is 0 Å². The van der Waals surface area contributed by atoms with Crippen LogP contribution in [0.25, 0.3) is 11.8 Å². The molecule has 4 heteroatoms. The van der Waals surface area contributed by atoms with Gasteiger partial charge in [0.1, 0.15) is 5.76 Å². The summed E-state index contributed by atoms with van der Waals surface area (Å²) in [6.45, 7) is 0. The van der Waals surface area contributed by atoms with Crippen LogP contribution in [0.4, 0.5) is 0 Å². The third kappa shape index (κ3) is 2.62. The Kier molecular flexibility index (Phi) is 3.23. The lowest BCUT2D eigenvalue weighted by Crippen LogP contribution is -1.96. The smallest absolute Gasteiger partial charge is 0.343 e. The molecular formula is C15H9ClO2S. The minimum Gasteiger partial charge on any atom is -0.422 e. The highest BCUT2D eigenvalue weighted by Gasteiger charge is 2.21. The van der Waals surface area contributed by atoms with Gasteiger partial charge in [-0.1, -0.05) is 17.7 Å². The minimum atomic E-state index is -0.321. The SMILES string of the molecule is O=C1OC(c2ccc(Cl)cc2)=C/C1=C\c1cccs1. The van der Waals surface area contributed by atoms with Crippen molar-refractivity contribution in [3.8, 4) is 0 Å². The maximum absolute atomic E-state index is 11.8. The quantitative estimate of drug-likeness (QED) is 0.605. The molecule has 0 radical (unpaired) electrons. The van der Waals surface area contributed by atoms with Crippen LogP contribution in [0.1, 0.15) is 10.4 Å². The number of benzene rings is 1. The topological polar surface area (TPSA) is 26.3 Å². The third-order valence-corrected chi connectivity index (χ3v) is 3.77. The Hall–Kier alpha value is -1.84. The van der Waals surface area contributed by atoms with Gasteiger partial charge in [-0.15, -0.1) is 11.3 Å². The highest BCUT2D eigenvalue weighted by atomic mass is 35.5. The van der Waals surface area contributed by atoms with Crippen molar-refractivity contribution in [3.05, 3.63) is 68.9 Å². The van der Waals surface area contributed by atoms with Crippen molar-refractivity contribution in [2.24, 2.45) is 0 Å². The predicted octanol–water partition coefficient (Wildman–Crippen LogP) is 4.38. The fourth-order valence-electron chi connectivity index (χ4n) is 1.77. The van der Waals surface area contributed by atoms with E-state index in [0.29, 0.717) is 16.4 Å². The van der Waals surface area contributed by atoms with Crippen molar-refractivity contribution in [2.75, 3.05) is 0 Å². The van der Waals surface area contributed by atoms with E-state index >= 15 is 0 Å². The number of cyclic esters (lactones) is 1. The second-order valence-corrected chi connectivity index (χ2v) is 5.44. The average Bonchev–Trinajstić information content (AvgIpc) is 3.02. The number of hydrogen-bond acceptors (Lipinski definition) is 3. The van der Waals surface area contributed by atoms with Crippen LogP contribution in [0, 0.1) is 0 Å². The Balaban J connectivity index is 1.93. The molecular weight excluding hydrogens is 280 g/mol. The molecule has 0 atom stereocenters. The summed E-state index contributed by atoms with van der Waals surface area (Å²) in [5.74, 6) is 0.239. The van der Waals surface area contributed by atoms with Crippen LogP contribution in [-0.2, 0) is 9.53 Å². The number of ether oxygens (including phenoxy) is 1. The number of thiophene rings is 1. The lowest BCUT2D eigenvalue weighted by molar-refractivity contribution is -0.130. The van der Waals surface area contributed by atoms with Crippen LogP contribution >= 0.6 is 22.9 Å². The first-order valence-electron chi connectivity index (χ1n) is 5.67. The van der Waals surface area contributed by atoms with E-state index in [0.717, 1.165) is 10.4 Å². The first-order valence-corrected chi connectivity index (χ1v) is 6.93. The first kappa shape index (κ1) is 12.2. The van der Waals surface area contributed by atoms with Gasteiger partial charge in [0.05, 0.1) is 5.57 Å². The monoisotopic (exact) mass is 288 g/mol. The molecule has 2 aromatic rings. The summed E-state index contributed by atoms with van der Waals surface area (Å²) in [5, 5.41) is 2.62. The normalized spacial score (nSPS) is 16.6. The van der Waals surface area contributed by atoms with Gasteiger partial charge in [-0.05, 0) is 47.9 Å². The van der Waals surface area contributed by atoms with Gasteiger partial charge in [-0.2, -0.15) is 0 Å². The van der Waals surface area contributed by atoms with E-state index in [4.69, 9.17) is 16.3 Å². The van der Waals surface area contributed by atoms with Crippen LogP contribution < -0.4 is 0 Å². The number of carbonyl (C=O) groups excluding carboxylic acids is 1. The van der Waals surface area contributed by atoms with E-state index in [1.165, 1.54) is 0 Å². The van der Waals surface area contributed by atoms with Crippen LogP contribution in [0.2, 0.25) is 5.02 Å². The molecule has 0 unspecified atom stereocenters. The van der Waals surface area contributed by atoms with E-state index in [1.807, 2.05) is 35.7 Å². The summed E-state index contributed by atoms with van der Waals surface area (Å²) >= 11 is 7.41. The number of rotatable bonds is 2. The van der Waals surface area contributed by atoms with Crippen LogP contribution in [0.15, 0.2) is 53.4 Å². The van der Waals surface area contributed by atoms with Crippen LogP contribution in [0.3, 0.4) is 0 Å². The predicted molar refractivity (Wildman–Crippen MR) is 77.8 cm³/mol. The molecule has 1 aromatic heterocycles. The standard InChI is InChI=1S/C15H9ClO2S/c16-12-5-3-10(4-6-12)14-9-11(15(17)18-14)8-13-2-1-7-19-13/h1-9H/b11-8+.